The predicted molar refractivity (Wildman–Crippen MR) is 57.7 cm³/mol. The molecule has 0 bridgehead atoms. The van der Waals surface area contributed by atoms with Gasteiger partial charge in [0.2, 0.25) is 5.78 Å². The summed E-state index contributed by atoms with van der Waals surface area (Å²) in [6, 6.07) is 0. The molecule has 6 heteroatoms. The zero-order chi connectivity index (χ0) is 13.2. The second-order valence-corrected chi connectivity index (χ2v) is 7.81. The van der Waals surface area contributed by atoms with Gasteiger partial charge in [0.05, 0.1) is 6.42 Å². The fourth-order valence-corrected chi connectivity index (χ4v) is 0.742. The molecule has 0 radical (unpaired) electrons. The van der Waals surface area contributed by atoms with Gasteiger partial charge in [-0.15, -0.1) is 0 Å². The molecule has 16 heavy (non-hydrogen) atoms. The maximum atomic E-state index is 11.6. The molecule has 0 aromatic rings. The summed E-state index contributed by atoms with van der Waals surface area (Å²) in [5.41, 5.74) is 0. The van der Waals surface area contributed by atoms with Crippen molar-refractivity contribution < 1.29 is 22.8 Å². The average molecular weight is 431 g/mol. The van der Waals surface area contributed by atoms with Crippen LogP contribution in [0.1, 0.15) is 32.6 Å². The summed E-state index contributed by atoms with van der Waals surface area (Å²) < 4.78 is 39.6. The summed E-state index contributed by atoms with van der Waals surface area (Å²) in [5, 5.41) is 0. The molecule has 93 valence electrons. The maximum absolute atomic E-state index is 11.6. The third kappa shape index (κ3) is 12.1. The Morgan fingerprint density at radius 3 is 1.94 bits per heavy atom. The van der Waals surface area contributed by atoms with E-state index in [2.05, 4.69) is 8.97 Å². The minimum absolute atomic E-state index is 0.000000000000000111. The summed E-state index contributed by atoms with van der Waals surface area (Å²) in [4.78, 5) is 21.0. The number of unbranched alkanes of at least 4 members (excludes halogenated alkanes) is 1. The summed E-state index contributed by atoms with van der Waals surface area (Å²) >= 11 is -0.000000000000000111. The van der Waals surface area contributed by atoms with E-state index in [1.54, 1.807) is 0 Å². The Morgan fingerprint density at radius 2 is 1.62 bits per heavy atom. The molecule has 0 unspecified atom stereocenters. The van der Waals surface area contributed by atoms with Crippen LogP contribution >= 0.6 is 0 Å². The summed E-state index contributed by atoms with van der Waals surface area (Å²) in [6.45, 7) is 1.82. The van der Waals surface area contributed by atoms with Gasteiger partial charge in [-0.05, 0) is 6.42 Å². The zero-order valence-corrected chi connectivity index (χ0v) is 14.3. The molecule has 0 aliphatic heterocycles. The molecule has 0 aliphatic rings. The summed E-state index contributed by atoms with van der Waals surface area (Å²) in [5.74, 6) is -2.59. The van der Waals surface area contributed by atoms with E-state index in [-0.39, 0.29) is 30.7 Å². The van der Waals surface area contributed by atoms with Gasteiger partial charge in [-0.3, -0.25) is 9.59 Å². The van der Waals surface area contributed by atoms with Crippen molar-refractivity contribution in [2.45, 2.75) is 47.7 Å². The van der Waals surface area contributed by atoms with Crippen molar-refractivity contribution in [1.82, 2.24) is 0 Å². The third-order valence-corrected chi connectivity index (χ3v) is 1.48. The van der Waals surface area contributed by atoms with Gasteiger partial charge in [0.1, 0.15) is 5.78 Å². The van der Waals surface area contributed by atoms with E-state index >= 15 is 0 Å². The quantitative estimate of drug-likeness (QED) is 0.496. The first kappa shape index (κ1) is 18.4. The monoisotopic (exact) mass is 431 g/mol. The van der Waals surface area contributed by atoms with Crippen LogP contribution in [-0.2, 0) is 9.59 Å². The van der Waals surface area contributed by atoms with Crippen LogP contribution in [-0.4, -0.2) is 42.0 Å². The Labute approximate surface area is 106 Å². The van der Waals surface area contributed by atoms with Crippen LogP contribution in [0.2, 0.25) is 8.97 Å². The first-order valence-electron chi connectivity index (χ1n) is 5.15. The molecular formula is C10H17F3O2Tl. The van der Waals surface area contributed by atoms with E-state index < -0.39 is 24.2 Å². The zero-order valence-electron chi connectivity index (χ0n) is 9.86. The Morgan fingerprint density at radius 1 is 1.19 bits per heavy atom. The normalized spacial score (nSPS) is 9.88. The van der Waals surface area contributed by atoms with Crippen LogP contribution in [0.15, 0.2) is 0 Å². The Balaban J connectivity index is 0. The molecular weight excluding hydrogens is 413 g/mol. The molecule has 2 nitrogen and oxygen atoms in total. The molecule has 0 aromatic heterocycles. The van der Waals surface area contributed by atoms with Crippen LogP contribution in [0.3, 0.4) is 0 Å². The minimum atomic E-state index is -4.87. The van der Waals surface area contributed by atoms with Crippen LogP contribution in [0, 0.1) is 0 Å². The van der Waals surface area contributed by atoms with E-state index in [9.17, 15) is 22.8 Å². The molecule has 0 atom stereocenters. The number of rotatable bonds is 5. The Bertz CT molecular complexity index is 215. The van der Waals surface area contributed by atoms with Gasteiger partial charge in [0.15, 0.2) is 0 Å². The van der Waals surface area contributed by atoms with Gasteiger partial charge in [-0.1, -0.05) is 13.3 Å². The second-order valence-electron chi connectivity index (χ2n) is 3.32. The van der Waals surface area contributed by atoms with E-state index in [4.69, 9.17) is 0 Å². The molecule has 0 heterocycles. The van der Waals surface area contributed by atoms with Gasteiger partial charge in [0.25, 0.3) is 0 Å². The average Bonchev–Trinajstić information content (AvgIpc) is 2.14. The molecule has 0 aliphatic carbocycles. The number of Topliss-reactive ketones (excluding diaryl/α,β-unsaturated/α-hetero) is 2. The molecule has 0 aromatic carbocycles. The van der Waals surface area contributed by atoms with Crippen LogP contribution < -0.4 is 0 Å². The second kappa shape index (κ2) is 10.2. The van der Waals surface area contributed by atoms with Crippen molar-refractivity contribution >= 4 is 35.8 Å². The number of carbonyl (C=O) groups excluding carboxylic acids is 2. The van der Waals surface area contributed by atoms with Crippen LogP contribution in [0.5, 0.6) is 0 Å². The number of hydrogen-bond acceptors (Lipinski definition) is 2. The first-order valence-corrected chi connectivity index (χ1v) is 14.1. The van der Waals surface area contributed by atoms with Crippen molar-refractivity contribution in [3.05, 3.63) is 0 Å². The number of carbonyl (C=O) groups is 2. The Hall–Kier alpha value is 0.0521. The van der Waals surface area contributed by atoms with Crippen molar-refractivity contribution in [2.75, 3.05) is 0 Å². The first-order chi connectivity index (χ1) is 7.29. The third-order valence-electron chi connectivity index (χ3n) is 1.48. The fraction of sp³-hybridized carbons (Fsp3) is 0.800. The SMILES string of the molecule is CCCCC(=O)CC(=O)C(F)(F)F.[CH3][Tl][CH3]. The summed E-state index contributed by atoms with van der Waals surface area (Å²) in [7, 11) is 0. The van der Waals surface area contributed by atoms with Gasteiger partial charge < -0.3 is 0 Å². The van der Waals surface area contributed by atoms with E-state index in [1.807, 2.05) is 6.92 Å². The number of hydrogen-bond donors (Lipinski definition) is 0. The molecule has 0 N–H and O–H groups in total. The van der Waals surface area contributed by atoms with E-state index in [0.717, 1.165) is 6.42 Å². The van der Waals surface area contributed by atoms with Gasteiger partial charge in [-0.2, -0.15) is 13.2 Å². The molecule has 0 amide bonds. The van der Waals surface area contributed by atoms with Crippen molar-refractivity contribution in [3.63, 3.8) is 0 Å². The van der Waals surface area contributed by atoms with Crippen LogP contribution in [0.25, 0.3) is 0 Å². The predicted octanol–water partition coefficient (Wildman–Crippen LogP) is 3.05. The van der Waals surface area contributed by atoms with Crippen molar-refractivity contribution in [2.24, 2.45) is 0 Å². The van der Waals surface area contributed by atoms with Gasteiger partial charge in [0, 0.05) is 6.42 Å². The van der Waals surface area contributed by atoms with Crippen molar-refractivity contribution in [3.8, 4) is 0 Å². The number of alkyl halides is 3. The number of ketones is 2. The molecule has 0 spiro atoms. The van der Waals surface area contributed by atoms with E-state index in [0.29, 0.717) is 6.42 Å². The molecule has 0 saturated heterocycles. The molecule has 0 saturated carbocycles. The van der Waals surface area contributed by atoms with E-state index in [1.165, 1.54) is 0 Å². The van der Waals surface area contributed by atoms with Gasteiger partial charge >= 0.3 is 39.4 Å². The fourth-order valence-electron chi connectivity index (χ4n) is 0.742. The standard InChI is InChI=1S/C8H11F3O2.2CH3.Tl/c1-2-3-4-6(12)5-7(13)8(9,10)11;;;/h2-5H2,1H3;2*1H3;. The summed E-state index contributed by atoms with van der Waals surface area (Å²) in [6.07, 6.45) is -4.57. The van der Waals surface area contributed by atoms with Gasteiger partial charge in [-0.25, -0.2) is 0 Å². The molecule has 0 rings (SSSR count). The topological polar surface area (TPSA) is 34.1 Å². The molecule has 0 fully saturated rings. The number of halogens is 3. The van der Waals surface area contributed by atoms with Crippen LogP contribution in [0.4, 0.5) is 13.2 Å². The van der Waals surface area contributed by atoms with Crippen molar-refractivity contribution in [1.29, 1.82) is 0 Å². The Kier molecular flexibility index (Phi) is 11.8.